The van der Waals surface area contributed by atoms with Gasteiger partial charge in [0, 0.05) is 21.7 Å². The number of imide groups is 2. The Hall–Kier alpha value is -4.11. The van der Waals surface area contributed by atoms with E-state index < -0.39 is 17.8 Å². The van der Waals surface area contributed by atoms with Crippen molar-refractivity contribution in [3.8, 4) is 17.2 Å². The number of amides is 4. The molecule has 178 valence electrons. The highest BCUT2D eigenvalue weighted by molar-refractivity contribution is 9.10. The molecule has 1 heterocycles. The predicted octanol–water partition coefficient (Wildman–Crippen LogP) is 4.71. The van der Waals surface area contributed by atoms with E-state index in [-0.39, 0.29) is 12.2 Å². The van der Waals surface area contributed by atoms with Crippen LogP contribution >= 0.6 is 15.9 Å². The molecule has 4 amide bonds. The molecule has 1 fully saturated rings. The minimum absolute atomic E-state index is 0.212. The van der Waals surface area contributed by atoms with E-state index in [4.69, 9.17) is 14.2 Å². The summed E-state index contributed by atoms with van der Waals surface area (Å²) >= 11 is 3.50. The fourth-order valence-electron chi connectivity index (χ4n) is 3.44. The molecule has 1 aliphatic heterocycles. The number of urea groups is 1. The molecule has 1 saturated heterocycles. The van der Waals surface area contributed by atoms with Crippen LogP contribution in [0.15, 0.2) is 76.8 Å². The number of halogens is 1. The molecule has 35 heavy (non-hydrogen) atoms. The van der Waals surface area contributed by atoms with Crippen molar-refractivity contribution in [2.45, 2.75) is 6.61 Å². The maximum Gasteiger partial charge on any atom is 0.335 e. The summed E-state index contributed by atoms with van der Waals surface area (Å²) < 4.78 is 17.3. The lowest BCUT2D eigenvalue weighted by atomic mass is 10.1. The Labute approximate surface area is 210 Å². The van der Waals surface area contributed by atoms with Crippen molar-refractivity contribution in [3.05, 3.63) is 87.9 Å². The largest absolute Gasteiger partial charge is 0.497 e. The normalized spacial score (nSPS) is 14.7. The minimum atomic E-state index is -0.831. The molecule has 0 bridgehead atoms. The van der Waals surface area contributed by atoms with Crippen molar-refractivity contribution in [2.24, 2.45) is 0 Å². The number of carbonyl (C=O) groups is 3. The second kappa shape index (κ2) is 10.4. The van der Waals surface area contributed by atoms with Crippen molar-refractivity contribution in [2.75, 3.05) is 19.1 Å². The summed E-state index contributed by atoms with van der Waals surface area (Å²) in [5.74, 6) is -0.0332. The van der Waals surface area contributed by atoms with Crippen LogP contribution in [0.1, 0.15) is 11.1 Å². The molecule has 3 aromatic carbocycles. The Balaban J connectivity index is 1.68. The zero-order chi connectivity index (χ0) is 24.9. The lowest BCUT2D eigenvalue weighted by Gasteiger charge is -2.26. The van der Waals surface area contributed by atoms with Crippen molar-refractivity contribution >= 4 is 45.5 Å². The van der Waals surface area contributed by atoms with Crippen LogP contribution in [-0.2, 0) is 16.2 Å². The highest BCUT2D eigenvalue weighted by Crippen LogP contribution is 2.30. The summed E-state index contributed by atoms with van der Waals surface area (Å²) in [6.07, 6.45) is 1.40. The van der Waals surface area contributed by atoms with Crippen LogP contribution < -0.4 is 24.4 Å². The van der Waals surface area contributed by atoms with Gasteiger partial charge < -0.3 is 14.2 Å². The lowest BCUT2D eigenvalue weighted by Crippen LogP contribution is -2.54. The van der Waals surface area contributed by atoms with Gasteiger partial charge in [0.1, 0.15) is 29.4 Å². The fraction of sp³-hybridized carbons (Fsp3) is 0.115. The topological polar surface area (TPSA) is 94.2 Å². The fourth-order valence-corrected chi connectivity index (χ4v) is 3.83. The molecule has 0 aromatic heterocycles. The molecule has 1 N–H and O–H groups in total. The first kappa shape index (κ1) is 24.0. The molecule has 8 nitrogen and oxygen atoms in total. The average molecular weight is 537 g/mol. The highest BCUT2D eigenvalue weighted by Gasteiger charge is 2.37. The van der Waals surface area contributed by atoms with E-state index in [0.29, 0.717) is 28.5 Å². The molecule has 0 radical (unpaired) electrons. The van der Waals surface area contributed by atoms with E-state index in [1.165, 1.54) is 20.3 Å². The van der Waals surface area contributed by atoms with Crippen molar-refractivity contribution in [3.63, 3.8) is 0 Å². The highest BCUT2D eigenvalue weighted by atomic mass is 79.9. The zero-order valence-corrected chi connectivity index (χ0v) is 20.5. The molecule has 0 unspecified atom stereocenters. The molecule has 1 aliphatic rings. The third-order valence-corrected chi connectivity index (χ3v) is 6.07. The summed E-state index contributed by atoms with van der Waals surface area (Å²) in [4.78, 5) is 39.2. The van der Waals surface area contributed by atoms with Crippen molar-refractivity contribution in [1.29, 1.82) is 0 Å². The maximum absolute atomic E-state index is 13.2. The molecule has 9 heteroatoms. The van der Waals surface area contributed by atoms with Gasteiger partial charge in [-0.2, -0.15) is 0 Å². The Morgan fingerprint density at radius 1 is 0.914 bits per heavy atom. The lowest BCUT2D eigenvalue weighted by molar-refractivity contribution is -0.122. The van der Waals surface area contributed by atoms with Gasteiger partial charge in [0.25, 0.3) is 11.8 Å². The second-order valence-electron chi connectivity index (χ2n) is 7.44. The Kier molecular flexibility index (Phi) is 7.17. The quantitative estimate of drug-likeness (QED) is 0.347. The van der Waals surface area contributed by atoms with Gasteiger partial charge in [0.15, 0.2) is 0 Å². The van der Waals surface area contributed by atoms with E-state index >= 15 is 0 Å². The van der Waals surface area contributed by atoms with E-state index in [1.54, 1.807) is 42.5 Å². The van der Waals surface area contributed by atoms with E-state index in [2.05, 4.69) is 21.2 Å². The third-order valence-electron chi connectivity index (χ3n) is 5.29. The van der Waals surface area contributed by atoms with Crippen LogP contribution in [0.2, 0.25) is 0 Å². The number of anilines is 1. The summed E-state index contributed by atoms with van der Waals surface area (Å²) in [5, 5.41) is 2.22. The number of nitrogens with zero attached hydrogens (tertiary/aromatic N) is 1. The van der Waals surface area contributed by atoms with E-state index in [1.807, 2.05) is 24.3 Å². The molecule has 0 spiro atoms. The van der Waals surface area contributed by atoms with Crippen molar-refractivity contribution < 1.29 is 28.6 Å². The zero-order valence-electron chi connectivity index (χ0n) is 18.9. The molecule has 0 aliphatic carbocycles. The first-order valence-electron chi connectivity index (χ1n) is 10.5. The van der Waals surface area contributed by atoms with Crippen LogP contribution in [-0.4, -0.2) is 32.1 Å². The molecule has 4 rings (SSSR count). The Morgan fingerprint density at radius 3 is 2.29 bits per heavy atom. The number of barbiturate groups is 1. The monoisotopic (exact) mass is 536 g/mol. The standard InChI is InChI=1S/C26H21BrN2O6/c1-33-19-11-8-18(9-12-19)29-25(31)21(24(30)28-26(29)32)13-16-7-10-20(34-2)14-23(16)35-15-17-5-3-4-6-22(17)27/h3-14H,15H2,1-2H3,(H,28,30,32)/b21-13+. The Morgan fingerprint density at radius 2 is 1.60 bits per heavy atom. The average Bonchev–Trinajstić information content (AvgIpc) is 2.86. The van der Waals surface area contributed by atoms with Crippen LogP contribution in [0, 0.1) is 0 Å². The summed E-state index contributed by atoms with van der Waals surface area (Å²) in [6, 6.07) is 18.2. The van der Waals surface area contributed by atoms with Gasteiger partial charge in [0.05, 0.1) is 19.9 Å². The number of rotatable bonds is 7. The number of nitrogens with one attached hydrogen (secondary N) is 1. The van der Waals surface area contributed by atoms with E-state index in [0.717, 1.165) is 14.9 Å². The van der Waals surface area contributed by atoms with Gasteiger partial charge >= 0.3 is 6.03 Å². The van der Waals surface area contributed by atoms with Gasteiger partial charge in [-0.25, -0.2) is 9.69 Å². The predicted molar refractivity (Wildman–Crippen MR) is 133 cm³/mol. The van der Waals surface area contributed by atoms with Gasteiger partial charge in [-0.15, -0.1) is 0 Å². The Bertz CT molecular complexity index is 1320. The molecule has 0 saturated carbocycles. The summed E-state index contributed by atoms with van der Waals surface area (Å²) in [7, 11) is 3.04. The van der Waals surface area contributed by atoms with Gasteiger partial charge in [-0.3, -0.25) is 14.9 Å². The summed E-state index contributed by atoms with van der Waals surface area (Å²) in [6.45, 7) is 0.237. The van der Waals surface area contributed by atoms with E-state index in [9.17, 15) is 14.4 Å². The number of hydrogen-bond acceptors (Lipinski definition) is 6. The summed E-state index contributed by atoms with van der Waals surface area (Å²) in [5.41, 5.74) is 1.47. The van der Waals surface area contributed by atoms with Gasteiger partial charge in [-0.1, -0.05) is 34.1 Å². The second-order valence-corrected chi connectivity index (χ2v) is 8.29. The van der Waals surface area contributed by atoms with Crippen LogP contribution in [0.5, 0.6) is 17.2 Å². The maximum atomic E-state index is 13.2. The first-order chi connectivity index (χ1) is 16.9. The molecule has 0 atom stereocenters. The third kappa shape index (κ3) is 5.20. The number of methoxy groups -OCH3 is 2. The van der Waals surface area contributed by atoms with Crippen LogP contribution in [0.4, 0.5) is 10.5 Å². The van der Waals surface area contributed by atoms with Crippen LogP contribution in [0.3, 0.4) is 0 Å². The SMILES string of the molecule is COc1ccc(N2C(=O)NC(=O)/C(=C\c3ccc(OC)cc3OCc3ccccc3Br)C2=O)cc1. The number of benzene rings is 3. The number of carbonyl (C=O) groups excluding carboxylic acids is 3. The molecular formula is C26H21BrN2O6. The first-order valence-corrected chi connectivity index (χ1v) is 11.3. The molecule has 3 aromatic rings. The van der Waals surface area contributed by atoms with Gasteiger partial charge in [0.2, 0.25) is 0 Å². The van der Waals surface area contributed by atoms with Gasteiger partial charge in [-0.05, 0) is 48.5 Å². The smallest absolute Gasteiger partial charge is 0.335 e. The minimum Gasteiger partial charge on any atom is -0.497 e. The number of ether oxygens (including phenoxy) is 3. The molecular weight excluding hydrogens is 516 g/mol. The van der Waals surface area contributed by atoms with Crippen molar-refractivity contribution in [1.82, 2.24) is 5.32 Å². The van der Waals surface area contributed by atoms with Crippen LogP contribution in [0.25, 0.3) is 6.08 Å². The number of hydrogen-bond donors (Lipinski definition) is 1.